The van der Waals surface area contributed by atoms with Crippen LogP contribution < -0.4 is 0 Å². The average Bonchev–Trinajstić information content (AvgIpc) is 2.67. The summed E-state index contributed by atoms with van der Waals surface area (Å²) in [6, 6.07) is 0. The number of nitrogens with zero attached hydrogens (tertiary/aromatic N) is 1. The molecule has 2 rings (SSSR count). The number of rotatable bonds is 1. The second kappa shape index (κ2) is 4.48. The third kappa shape index (κ3) is 2.10. The van der Waals surface area contributed by atoms with Crippen LogP contribution >= 0.6 is 23.2 Å². The molecule has 0 bridgehead atoms. The molecule has 1 aliphatic heterocycles. The lowest BCUT2D eigenvalue weighted by Gasteiger charge is -2.44. The van der Waals surface area contributed by atoms with E-state index in [9.17, 15) is 4.79 Å². The van der Waals surface area contributed by atoms with Gasteiger partial charge in [0, 0.05) is 6.54 Å². The summed E-state index contributed by atoms with van der Waals surface area (Å²) in [4.78, 5) is 12.6. The van der Waals surface area contributed by atoms with Crippen molar-refractivity contribution in [1.29, 1.82) is 0 Å². The van der Waals surface area contributed by atoms with Gasteiger partial charge in [0.25, 0.3) is 5.91 Å². The minimum atomic E-state index is -0.968. The second-order valence-electron chi connectivity index (χ2n) is 4.15. The van der Waals surface area contributed by atoms with E-state index in [0.29, 0.717) is 0 Å². The molecule has 1 aliphatic carbocycles. The molecule has 15 heavy (non-hydrogen) atoms. The maximum Gasteiger partial charge on any atom is 0.258 e. The van der Waals surface area contributed by atoms with Crippen LogP contribution in [-0.2, 0) is 9.53 Å². The summed E-state index contributed by atoms with van der Waals surface area (Å²) in [6.45, 7) is 1.45. The number of hydrogen-bond acceptors (Lipinski definition) is 2. The zero-order valence-electron chi connectivity index (χ0n) is 8.55. The highest BCUT2D eigenvalue weighted by molar-refractivity contribution is 6.53. The third-order valence-electron chi connectivity index (χ3n) is 3.23. The van der Waals surface area contributed by atoms with Crippen molar-refractivity contribution in [3.8, 4) is 0 Å². The normalized spacial score (nSPS) is 25.1. The molecule has 1 saturated heterocycles. The van der Waals surface area contributed by atoms with Crippen molar-refractivity contribution in [3.05, 3.63) is 0 Å². The molecule has 1 spiro atoms. The maximum atomic E-state index is 11.8. The van der Waals surface area contributed by atoms with Gasteiger partial charge in [-0.15, -0.1) is 0 Å². The van der Waals surface area contributed by atoms with Crippen molar-refractivity contribution in [2.24, 2.45) is 0 Å². The Hall–Kier alpha value is 0.01000. The number of amides is 1. The summed E-state index contributed by atoms with van der Waals surface area (Å²) < 4.78 is 5.80. The second-order valence-corrected chi connectivity index (χ2v) is 5.24. The Balaban J connectivity index is 2.15. The van der Waals surface area contributed by atoms with Crippen LogP contribution in [0.1, 0.15) is 32.1 Å². The number of hydrogen-bond donors (Lipinski definition) is 0. The van der Waals surface area contributed by atoms with E-state index in [1.807, 2.05) is 0 Å². The number of ether oxygens (including phenoxy) is 1. The van der Waals surface area contributed by atoms with Crippen LogP contribution in [0, 0.1) is 0 Å². The molecule has 0 atom stereocenters. The van der Waals surface area contributed by atoms with Crippen LogP contribution in [-0.4, -0.2) is 34.5 Å². The van der Waals surface area contributed by atoms with Crippen LogP contribution in [0.15, 0.2) is 0 Å². The molecular weight excluding hydrogens is 237 g/mol. The molecule has 0 aromatic rings. The summed E-state index contributed by atoms with van der Waals surface area (Å²) in [7, 11) is 0. The van der Waals surface area contributed by atoms with E-state index in [-0.39, 0.29) is 5.91 Å². The third-order valence-corrected chi connectivity index (χ3v) is 3.60. The smallest absolute Gasteiger partial charge is 0.258 e. The van der Waals surface area contributed by atoms with Gasteiger partial charge in [0.05, 0.1) is 6.61 Å². The van der Waals surface area contributed by atoms with Crippen molar-refractivity contribution in [3.63, 3.8) is 0 Å². The highest BCUT2D eigenvalue weighted by atomic mass is 35.5. The monoisotopic (exact) mass is 251 g/mol. The van der Waals surface area contributed by atoms with Crippen LogP contribution in [0.3, 0.4) is 0 Å². The molecule has 2 aliphatic rings. The van der Waals surface area contributed by atoms with E-state index in [4.69, 9.17) is 27.9 Å². The zero-order chi connectivity index (χ0) is 10.9. The predicted octanol–water partition coefficient (Wildman–Crippen LogP) is 2.31. The fourth-order valence-electron chi connectivity index (χ4n) is 2.54. The summed E-state index contributed by atoms with van der Waals surface area (Å²) in [5.74, 6) is -0.208. The Labute approximate surface area is 99.7 Å². The Morgan fingerprint density at radius 3 is 2.53 bits per heavy atom. The Morgan fingerprint density at radius 2 is 1.93 bits per heavy atom. The minimum absolute atomic E-state index is 0.208. The largest absolute Gasteiger partial charge is 0.356 e. The van der Waals surface area contributed by atoms with Crippen LogP contribution in [0.5, 0.6) is 0 Å². The van der Waals surface area contributed by atoms with E-state index in [1.54, 1.807) is 4.90 Å². The maximum absolute atomic E-state index is 11.8. The first-order chi connectivity index (χ1) is 7.16. The molecular formula is C10H15Cl2NO2. The first kappa shape index (κ1) is 11.5. The lowest BCUT2D eigenvalue weighted by molar-refractivity contribution is -0.191. The van der Waals surface area contributed by atoms with Crippen molar-refractivity contribution in [2.75, 3.05) is 13.2 Å². The highest BCUT2D eigenvalue weighted by Crippen LogP contribution is 2.39. The van der Waals surface area contributed by atoms with Crippen LogP contribution in [0.25, 0.3) is 0 Å². The average molecular weight is 252 g/mol. The minimum Gasteiger partial charge on any atom is -0.356 e. The van der Waals surface area contributed by atoms with Gasteiger partial charge in [0.1, 0.15) is 5.72 Å². The number of carbonyl (C=O) groups excluding carboxylic acids is 1. The molecule has 0 N–H and O–H groups in total. The van der Waals surface area contributed by atoms with Gasteiger partial charge in [-0.05, 0) is 32.1 Å². The van der Waals surface area contributed by atoms with Gasteiger partial charge in [-0.1, -0.05) is 23.2 Å². The lowest BCUT2D eigenvalue weighted by Crippen LogP contribution is -2.56. The molecule has 0 radical (unpaired) electrons. The molecule has 1 heterocycles. The fraction of sp³-hybridized carbons (Fsp3) is 0.900. The van der Waals surface area contributed by atoms with Crippen LogP contribution in [0.2, 0.25) is 0 Å². The summed E-state index contributed by atoms with van der Waals surface area (Å²) in [5.41, 5.74) is -0.392. The van der Waals surface area contributed by atoms with Gasteiger partial charge in [-0.25, -0.2) is 0 Å². The summed E-state index contributed by atoms with van der Waals surface area (Å²) in [6.07, 6.45) is 4.92. The van der Waals surface area contributed by atoms with E-state index in [1.165, 1.54) is 0 Å². The van der Waals surface area contributed by atoms with Crippen molar-refractivity contribution >= 4 is 29.1 Å². The molecule has 3 nitrogen and oxygen atoms in total. The van der Waals surface area contributed by atoms with Crippen molar-refractivity contribution in [1.82, 2.24) is 4.90 Å². The van der Waals surface area contributed by atoms with Gasteiger partial charge in [-0.2, -0.15) is 0 Å². The Bertz CT molecular complexity index is 252. The quantitative estimate of drug-likeness (QED) is 0.670. The van der Waals surface area contributed by atoms with Crippen molar-refractivity contribution in [2.45, 2.75) is 42.7 Å². The predicted molar refractivity (Wildman–Crippen MR) is 59.0 cm³/mol. The topological polar surface area (TPSA) is 29.5 Å². The van der Waals surface area contributed by atoms with Gasteiger partial charge in [0.15, 0.2) is 4.84 Å². The lowest BCUT2D eigenvalue weighted by atomic mass is 10.1. The first-order valence-electron chi connectivity index (χ1n) is 5.39. The van der Waals surface area contributed by atoms with E-state index in [2.05, 4.69) is 0 Å². The highest BCUT2D eigenvalue weighted by Gasteiger charge is 2.45. The summed E-state index contributed by atoms with van der Waals surface area (Å²) in [5, 5.41) is 0. The van der Waals surface area contributed by atoms with Gasteiger partial charge in [-0.3, -0.25) is 4.79 Å². The SMILES string of the molecule is O=C(C(Cl)Cl)N1CCCOC12CCCC2. The molecule has 2 fully saturated rings. The molecule has 0 aromatic heterocycles. The standard InChI is InChI=1S/C10H15Cl2NO2/c11-8(12)9(14)13-6-3-7-15-10(13)4-1-2-5-10/h8H,1-7H2. The number of halogens is 2. The number of alkyl halides is 2. The molecule has 86 valence electrons. The molecule has 0 aromatic carbocycles. The molecule has 5 heteroatoms. The molecule has 1 saturated carbocycles. The van der Waals surface area contributed by atoms with Gasteiger partial charge >= 0.3 is 0 Å². The van der Waals surface area contributed by atoms with E-state index >= 15 is 0 Å². The van der Waals surface area contributed by atoms with Crippen molar-refractivity contribution < 1.29 is 9.53 Å². The fourth-order valence-corrected chi connectivity index (χ4v) is 2.77. The first-order valence-corrected chi connectivity index (χ1v) is 6.27. The van der Waals surface area contributed by atoms with E-state index in [0.717, 1.165) is 45.3 Å². The van der Waals surface area contributed by atoms with Gasteiger partial charge in [0.2, 0.25) is 0 Å². The molecule has 1 amide bonds. The Kier molecular flexibility index (Phi) is 3.43. The summed E-state index contributed by atoms with van der Waals surface area (Å²) >= 11 is 11.3. The number of carbonyl (C=O) groups is 1. The van der Waals surface area contributed by atoms with E-state index < -0.39 is 10.6 Å². The molecule has 0 unspecified atom stereocenters. The van der Waals surface area contributed by atoms with Gasteiger partial charge < -0.3 is 9.64 Å². The van der Waals surface area contributed by atoms with Crippen LogP contribution in [0.4, 0.5) is 0 Å². The Morgan fingerprint density at radius 1 is 1.27 bits per heavy atom. The zero-order valence-corrected chi connectivity index (χ0v) is 10.1.